The van der Waals surface area contributed by atoms with Gasteiger partial charge < -0.3 is 24.5 Å². The van der Waals surface area contributed by atoms with Crippen LogP contribution in [0.1, 0.15) is 5.56 Å². The summed E-state index contributed by atoms with van der Waals surface area (Å²) in [5, 5.41) is 20.1. The van der Waals surface area contributed by atoms with Crippen molar-refractivity contribution in [1.29, 1.82) is 0 Å². The second-order valence-electron chi connectivity index (χ2n) is 3.57. The van der Waals surface area contributed by atoms with E-state index in [1.54, 1.807) is 0 Å². The molecule has 0 aliphatic carbocycles. The van der Waals surface area contributed by atoms with E-state index in [9.17, 15) is 28.2 Å². The summed E-state index contributed by atoms with van der Waals surface area (Å²) in [5.74, 6) is -2.73. The van der Waals surface area contributed by atoms with Gasteiger partial charge in [0, 0.05) is 5.56 Å². The van der Waals surface area contributed by atoms with E-state index in [0.717, 1.165) is 25.3 Å². The van der Waals surface area contributed by atoms with E-state index in [1.165, 1.54) is 7.11 Å². The van der Waals surface area contributed by atoms with Crippen LogP contribution >= 0.6 is 0 Å². The number of benzene rings is 1. The van der Waals surface area contributed by atoms with Crippen molar-refractivity contribution in [2.24, 2.45) is 0 Å². The average Bonchev–Trinajstić information content (AvgIpc) is 2.35. The fourth-order valence-electron chi connectivity index (χ4n) is 1.46. The molecule has 1 aromatic carbocycles. The summed E-state index contributed by atoms with van der Waals surface area (Å²) in [6.07, 6.45) is -5.44. The van der Waals surface area contributed by atoms with E-state index in [1.807, 2.05) is 0 Å². The van der Waals surface area contributed by atoms with Gasteiger partial charge in [-0.3, -0.25) is 0 Å². The lowest BCUT2D eigenvalue weighted by Crippen LogP contribution is -2.55. The summed E-state index contributed by atoms with van der Waals surface area (Å²) in [6.45, 7) is 0. The summed E-state index contributed by atoms with van der Waals surface area (Å²) < 4.78 is 47.7. The van der Waals surface area contributed by atoms with Gasteiger partial charge in [-0.25, -0.2) is 0 Å². The third-order valence-electron chi connectivity index (χ3n) is 2.51. The number of hydrogen-bond donors (Lipinski definition) is 1. The Kier molecular flexibility index (Phi) is 3.94. The number of ether oxygens (including phenoxy) is 2. The predicted octanol–water partition coefficient (Wildman–Crippen LogP) is 0.204. The Balaban J connectivity index is 3.45. The van der Waals surface area contributed by atoms with Crippen LogP contribution < -0.4 is 14.6 Å². The lowest BCUT2D eigenvalue weighted by Gasteiger charge is -2.31. The maximum atomic E-state index is 12.7. The first-order chi connectivity index (χ1) is 8.68. The molecule has 0 bridgehead atoms. The second kappa shape index (κ2) is 4.96. The first-order valence-corrected chi connectivity index (χ1v) is 4.91. The zero-order valence-corrected chi connectivity index (χ0v) is 9.95. The summed E-state index contributed by atoms with van der Waals surface area (Å²) in [6, 6.07) is 2.54. The number of halogens is 3. The zero-order chi connectivity index (χ0) is 14.8. The molecule has 106 valence electrons. The predicted molar refractivity (Wildman–Crippen MR) is 54.5 cm³/mol. The summed E-state index contributed by atoms with van der Waals surface area (Å²) in [7, 11) is 2.42. The van der Waals surface area contributed by atoms with E-state index in [0.29, 0.717) is 0 Å². The van der Waals surface area contributed by atoms with Crippen LogP contribution in [0.2, 0.25) is 0 Å². The second-order valence-corrected chi connectivity index (χ2v) is 3.57. The van der Waals surface area contributed by atoms with Crippen molar-refractivity contribution in [3.63, 3.8) is 0 Å². The van der Waals surface area contributed by atoms with Gasteiger partial charge >= 0.3 is 6.18 Å². The molecule has 5 nitrogen and oxygen atoms in total. The lowest BCUT2D eigenvalue weighted by molar-refractivity contribution is -0.357. The number of aliphatic carboxylic acids is 1. The molecule has 1 N–H and O–H groups in total. The monoisotopic (exact) mass is 279 g/mol. The molecule has 0 fully saturated rings. The Labute approximate surface area is 106 Å². The van der Waals surface area contributed by atoms with E-state index >= 15 is 0 Å². The normalized spacial score (nSPS) is 14.6. The Bertz CT molecular complexity index is 486. The largest absolute Gasteiger partial charge is 0.546 e. The van der Waals surface area contributed by atoms with E-state index in [4.69, 9.17) is 9.47 Å². The van der Waals surface area contributed by atoms with Gasteiger partial charge in [-0.1, -0.05) is 6.07 Å². The SMILES string of the molecule is COc1ccc([C@@](O)(C(=O)[O-])C(F)(F)F)cc1OC. The minimum atomic E-state index is -5.44. The molecular weight excluding hydrogens is 269 g/mol. The molecule has 0 aliphatic rings. The molecule has 1 atom stereocenters. The van der Waals surface area contributed by atoms with Crippen LogP contribution in [-0.4, -0.2) is 31.5 Å². The molecule has 0 aromatic heterocycles. The average molecular weight is 279 g/mol. The smallest absolute Gasteiger partial charge is 0.426 e. The number of carboxylic acids is 1. The van der Waals surface area contributed by atoms with Crippen molar-refractivity contribution < 1.29 is 37.7 Å². The minimum absolute atomic E-state index is 0.0918. The maximum Gasteiger partial charge on any atom is 0.426 e. The molecule has 0 amide bonds. The number of rotatable bonds is 4. The van der Waals surface area contributed by atoms with Crippen LogP contribution in [0.4, 0.5) is 13.2 Å². The van der Waals surface area contributed by atoms with Crippen LogP contribution in [0.25, 0.3) is 0 Å². The quantitative estimate of drug-likeness (QED) is 0.852. The number of hydrogen-bond acceptors (Lipinski definition) is 5. The highest BCUT2D eigenvalue weighted by atomic mass is 19.4. The Hall–Kier alpha value is -1.96. The number of methoxy groups -OCH3 is 2. The Morgan fingerprint density at radius 3 is 2.11 bits per heavy atom. The molecule has 0 radical (unpaired) electrons. The molecule has 0 unspecified atom stereocenters. The molecular formula is C11H10F3O5-. The molecule has 0 saturated heterocycles. The van der Waals surface area contributed by atoms with Gasteiger partial charge in [-0.05, 0) is 12.1 Å². The van der Waals surface area contributed by atoms with Crippen molar-refractivity contribution in [3.05, 3.63) is 23.8 Å². The van der Waals surface area contributed by atoms with Crippen molar-refractivity contribution >= 4 is 5.97 Å². The summed E-state index contributed by atoms with van der Waals surface area (Å²) in [4.78, 5) is 10.7. The highest BCUT2D eigenvalue weighted by Crippen LogP contribution is 2.41. The van der Waals surface area contributed by atoms with Gasteiger partial charge in [0.25, 0.3) is 0 Å². The summed E-state index contributed by atoms with van der Waals surface area (Å²) in [5.41, 5.74) is -5.05. The van der Waals surface area contributed by atoms with Crippen LogP contribution in [-0.2, 0) is 10.4 Å². The van der Waals surface area contributed by atoms with Crippen LogP contribution in [0, 0.1) is 0 Å². The zero-order valence-electron chi connectivity index (χ0n) is 9.95. The third kappa shape index (κ3) is 2.43. The van der Waals surface area contributed by atoms with Crippen molar-refractivity contribution in [2.75, 3.05) is 14.2 Å². The minimum Gasteiger partial charge on any atom is -0.546 e. The van der Waals surface area contributed by atoms with Crippen molar-refractivity contribution in [3.8, 4) is 11.5 Å². The molecule has 8 heteroatoms. The van der Waals surface area contributed by atoms with Gasteiger partial charge in [0.05, 0.1) is 20.2 Å². The highest BCUT2D eigenvalue weighted by molar-refractivity contribution is 5.78. The lowest BCUT2D eigenvalue weighted by atomic mass is 9.93. The van der Waals surface area contributed by atoms with Gasteiger partial charge in [0.15, 0.2) is 11.5 Å². The molecule has 0 aliphatic heterocycles. The van der Waals surface area contributed by atoms with Gasteiger partial charge in [-0.15, -0.1) is 0 Å². The molecule has 0 saturated carbocycles. The van der Waals surface area contributed by atoms with Crippen LogP contribution in [0.3, 0.4) is 0 Å². The molecule has 1 rings (SSSR count). The molecule has 1 aromatic rings. The van der Waals surface area contributed by atoms with E-state index in [-0.39, 0.29) is 11.5 Å². The maximum absolute atomic E-state index is 12.7. The number of carboxylic acid groups (broad SMARTS) is 1. The Morgan fingerprint density at radius 1 is 1.21 bits per heavy atom. The number of carbonyl (C=O) groups is 1. The van der Waals surface area contributed by atoms with E-state index in [2.05, 4.69) is 0 Å². The molecule has 19 heavy (non-hydrogen) atoms. The number of aliphatic hydroxyl groups is 1. The van der Waals surface area contributed by atoms with Gasteiger partial charge in [0.2, 0.25) is 5.60 Å². The van der Waals surface area contributed by atoms with Crippen LogP contribution in [0.5, 0.6) is 11.5 Å². The Morgan fingerprint density at radius 2 is 1.74 bits per heavy atom. The highest BCUT2D eigenvalue weighted by Gasteiger charge is 2.56. The standard InChI is InChI=1S/C11H11F3O5/c1-18-7-4-3-6(5-8(7)19-2)10(17,9(15)16)11(12,13)14/h3-5,17H,1-2H3,(H,15,16)/p-1/t10-/m1/s1. The molecule has 0 heterocycles. The number of carbonyl (C=O) groups excluding carboxylic acids is 1. The third-order valence-corrected chi connectivity index (χ3v) is 2.51. The van der Waals surface area contributed by atoms with E-state index < -0.39 is 23.3 Å². The molecule has 0 spiro atoms. The van der Waals surface area contributed by atoms with Crippen molar-refractivity contribution in [1.82, 2.24) is 0 Å². The number of alkyl halides is 3. The topological polar surface area (TPSA) is 78.8 Å². The fraction of sp³-hybridized carbons (Fsp3) is 0.364. The first kappa shape index (κ1) is 15.1. The van der Waals surface area contributed by atoms with Gasteiger partial charge in [-0.2, -0.15) is 13.2 Å². The summed E-state index contributed by atoms with van der Waals surface area (Å²) >= 11 is 0. The first-order valence-electron chi connectivity index (χ1n) is 4.91. The van der Waals surface area contributed by atoms with Crippen molar-refractivity contribution in [2.45, 2.75) is 11.8 Å². The fourth-order valence-corrected chi connectivity index (χ4v) is 1.46. The van der Waals surface area contributed by atoms with Crippen LogP contribution in [0.15, 0.2) is 18.2 Å². The van der Waals surface area contributed by atoms with Gasteiger partial charge in [0.1, 0.15) is 0 Å².